The van der Waals surface area contributed by atoms with Crippen molar-refractivity contribution >= 4 is 11.8 Å². The van der Waals surface area contributed by atoms with Crippen molar-refractivity contribution in [2.45, 2.75) is 56.8 Å². The highest BCUT2D eigenvalue weighted by Gasteiger charge is 2.32. The van der Waals surface area contributed by atoms with Crippen molar-refractivity contribution in [1.82, 2.24) is 20.4 Å². The molecule has 27 heavy (non-hydrogen) atoms. The molecular formula is C19H36N4O4. The molecule has 3 atom stereocenters. The minimum absolute atomic E-state index is 0.0104. The van der Waals surface area contributed by atoms with Gasteiger partial charge in [-0.3, -0.25) is 9.59 Å². The van der Waals surface area contributed by atoms with Gasteiger partial charge >= 0.3 is 0 Å². The molecule has 2 rings (SSSR count). The first-order valence-electron chi connectivity index (χ1n) is 10.2. The lowest BCUT2D eigenvalue weighted by Crippen LogP contribution is -2.53. The first-order valence-corrected chi connectivity index (χ1v) is 10.2. The van der Waals surface area contributed by atoms with Gasteiger partial charge in [0.1, 0.15) is 6.10 Å². The quantitative estimate of drug-likeness (QED) is 0.499. The average molecular weight is 385 g/mol. The second kappa shape index (κ2) is 11.6. The summed E-state index contributed by atoms with van der Waals surface area (Å²) in [6, 6.07) is -0.208. The number of hydrogen-bond donors (Lipinski definition) is 3. The van der Waals surface area contributed by atoms with Gasteiger partial charge in [-0.1, -0.05) is 6.42 Å². The van der Waals surface area contributed by atoms with Crippen molar-refractivity contribution in [3.05, 3.63) is 0 Å². The van der Waals surface area contributed by atoms with E-state index in [9.17, 15) is 14.7 Å². The van der Waals surface area contributed by atoms with Gasteiger partial charge in [0.25, 0.3) is 0 Å². The van der Waals surface area contributed by atoms with Crippen molar-refractivity contribution in [3.8, 4) is 0 Å². The zero-order chi connectivity index (χ0) is 19.6. The van der Waals surface area contributed by atoms with Crippen LogP contribution in [0.3, 0.4) is 0 Å². The third-order valence-electron chi connectivity index (χ3n) is 5.21. The number of hydrogen-bond acceptors (Lipinski definition) is 6. The van der Waals surface area contributed by atoms with Crippen molar-refractivity contribution < 1.29 is 19.4 Å². The second-order valence-electron chi connectivity index (χ2n) is 7.92. The molecule has 2 fully saturated rings. The van der Waals surface area contributed by atoms with Gasteiger partial charge in [0, 0.05) is 13.1 Å². The Kier molecular flexibility index (Phi) is 9.47. The first kappa shape index (κ1) is 22.1. The maximum absolute atomic E-state index is 12.2. The normalized spacial score (nSPS) is 26.7. The van der Waals surface area contributed by atoms with Crippen LogP contribution in [0.4, 0.5) is 0 Å². The summed E-state index contributed by atoms with van der Waals surface area (Å²) < 4.78 is 5.87. The number of rotatable bonds is 9. The Morgan fingerprint density at radius 3 is 2.56 bits per heavy atom. The average Bonchev–Trinajstić information content (AvgIpc) is 2.63. The number of carbonyl (C=O) groups is 2. The van der Waals surface area contributed by atoms with E-state index in [1.165, 1.54) is 19.3 Å². The molecule has 2 heterocycles. The molecule has 0 aliphatic carbocycles. The second-order valence-corrected chi connectivity index (χ2v) is 7.92. The molecule has 2 amide bonds. The number of nitrogens with one attached hydrogen (secondary N) is 2. The smallest absolute Gasteiger partial charge is 0.234 e. The van der Waals surface area contributed by atoms with E-state index in [0.717, 1.165) is 19.6 Å². The molecule has 2 aliphatic rings. The minimum Gasteiger partial charge on any atom is -0.394 e. The van der Waals surface area contributed by atoms with Gasteiger partial charge in [0.2, 0.25) is 11.8 Å². The maximum atomic E-state index is 12.2. The number of carbonyl (C=O) groups excluding carboxylic acids is 2. The molecule has 0 saturated carbocycles. The highest BCUT2D eigenvalue weighted by atomic mass is 16.5. The zero-order valence-electron chi connectivity index (χ0n) is 16.8. The molecular weight excluding hydrogens is 348 g/mol. The molecule has 0 radical (unpaired) electrons. The summed E-state index contributed by atoms with van der Waals surface area (Å²) in [6.07, 6.45) is 4.84. The van der Waals surface area contributed by atoms with Crippen molar-refractivity contribution in [2.75, 3.05) is 53.4 Å². The first-order chi connectivity index (χ1) is 13.0. The van der Waals surface area contributed by atoms with E-state index >= 15 is 0 Å². The lowest BCUT2D eigenvalue weighted by molar-refractivity contribution is -0.136. The number of aliphatic hydroxyl groups is 1. The summed E-state index contributed by atoms with van der Waals surface area (Å²) in [4.78, 5) is 28.3. The minimum atomic E-state index is -0.462. The largest absolute Gasteiger partial charge is 0.394 e. The van der Waals surface area contributed by atoms with Gasteiger partial charge in [0.15, 0.2) is 0 Å². The summed E-state index contributed by atoms with van der Waals surface area (Å²) in [7, 11) is 3.67. The third-order valence-corrected chi connectivity index (χ3v) is 5.21. The number of amides is 2. The number of piperidine rings is 1. The monoisotopic (exact) mass is 384 g/mol. The highest BCUT2D eigenvalue weighted by Crippen LogP contribution is 2.22. The SMILES string of the molecule is CN(C)CC(=O)N[C@H]1CC[C@@H](CC(=O)NCCN2CCCCC2)O[C@@H]1CO. The van der Waals surface area contributed by atoms with Gasteiger partial charge < -0.3 is 30.3 Å². The van der Waals surface area contributed by atoms with Crippen LogP contribution >= 0.6 is 0 Å². The molecule has 0 aromatic rings. The summed E-state index contributed by atoms with van der Waals surface area (Å²) in [5.41, 5.74) is 0. The molecule has 2 aliphatic heterocycles. The van der Waals surface area contributed by atoms with Crippen LogP contribution in [0, 0.1) is 0 Å². The van der Waals surface area contributed by atoms with Gasteiger partial charge in [0.05, 0.1) is 31.7 Å². The van der Waals surface area contributed by atoms with Crippen LogP contribution in [-0.4, -0.2) is 98.4 Å². The number of ether oxygens (including phenoxy) is 1. The summed E-state index contributed by atoms with van der Waals surface area (Å²) in [5, 5.41) is 15.5. The van der Waals surface area contributed by atoms with E-state index in [1.54, 1.807) is 4.90 Å². The maximum Gasteiger partial charge on any atom is 0.234 e. The predicted molar refractivity (Wildman–Crippen MR) is 103 cm³/mol. The van der Waals surface area contributed by atoms with E-state index in [1.807, 2.05) is 14.1 Å². The molecule has 8 heteroatoms. The Balaban J connectivity index is 1.67. The van der Waals surface area contributed by atoms with Crippen LogP contribution in [-0.2, 0) is 14.3 Å². The highest BCUT2D eigenvalue weighted by molar-refractivity contribution is 5.78. The molecule has 2 saturated heterocycles. The van der Waals surface area contributed by atoms with Gasteiger partial charge in [-0.05, 0) is 52.9 Å². The molecule has 0 unspecified atom stereocenters. The van der Waals surface area contributed by atoms with Crippen LogP contribution < -0.4 is 10.6 Å². The van der Waals surface area contributed by atoms with Crippen molar-refractivity contribution in [2.24, 2.45) is 0 Å². The fourth-order valence-corrected chi connectivity index (χ4v) is 3.80. The fourth-order valence-electron chi connectivity index (χ4n) is 3.80. The van der Waals surface area contributed by atoms with Crippen LogP contribution in [0.15, 0.2) is 0 Å². The standard InChI is InChI=1S/C19H36N4O4/c1-22(2)13-19(26)21-16-7-6-15(27-17(16)14-24)12-18(25)20-8-11-23-9-4-3-5-10-23/h15-17,24H,3-14H2,1-2H3,(H,20,25)(H,21,26)/t15-,16-,17+/m0/s1. The third kappa shape index (κ3) is 8.13. The number of aliphatic hydroxyl groups excluding tert-OH is 1. The van der Waals surface area contributed by atoms with Crippen LogP contribution in [0.2, 0.25) is 0 Å². The van der Waals surface area contributed by atoms with Crippen LogP contribution in [0.1, 0.15) is 38.5 Å². The summed E-state index contributed by atoms with van der Waals surface area (Å²) in [6.45, 7) is 3.95. The Hall–Kier alpha value is -1.22. The molecule has 156 valence electrons. The topological polar surface area (TPSA) is 94.1 Å². The van der Waals surface area contributed by atoms with Crippen LogP contribution in [0.25, 0.3) is 0 Å². The Morgan fingerprint density at radius 1 is 1.15 bits per heavy atom. The number of nitrogens with zero attached hydrogens (tertiary/aromatic N) is 2. The van der Waals surface area contributed by atoms with Crippen LogP contribution in [0.5, 0.6) is 0 Å². The van der Waals surface area contributed by atoms with E-state index in [2.05, 4.69) is 15.5 Å². The van der Waals surface area contributed by atoms with E-state index in [4.69, 9.17) is 4.74 Å². The lowest BCUT2D eigenvalue weighted by atomic mass is 9.97. The Morgan fingerprint density at radius 2 is 1.89 bits per heavy atom. The number of likely N-dealkylation sites (N-methyl/N-ethyl adjacent to an activating group) is 1. The summed E-state index contributed by atoms with van der Waals surface area (Å²) >= 11 is 0. The molecule has 0 aromatic carbocycles. The van der Waals surface area contributed by atoms with Gasteiger partial charge in [-0.2, -0.15) is 0 Å². The van der Waals surface area contributed by atoms with E-state index < -0.39 is 6.10 Å². The Bertz CT molecular complexity index is 469. The van der Waals surface area contributed by atoms with Crippen molar-refractivity contribution in [3.63, 3.8) is 0 Å². The molecule has 0 bridgehead atoms. The van der Waals surface area contributed by atoms with Gasteiger partial charge in [-0.25, -0.2) is 0 Å². The number of likely N-dealkylation sites (tertiary alicyclic amines) is 1. The van der Waals surface area contributed by atoms with Crippen molar-refractivity contribution in [1.29, 1.82) is 0 Å². The molecule has 0 spiro atoms. The molecule has 3 N–H and O–H groups in total. The predicted octanol–water partition coefficient (Wildman–Crippen LogP) is -0.435. The fraction of sp³-hybridized carbons (Fsp3) is 0.895. The van der Waals surface area contributed by atoms with Gasteiger partial charge in [-0.15, -0.1) is 0 Å². The van der Waals surface area contributed by atoms with E-state index in [0.29, 0.717) is 32.4 Å². The molecule has 8 nitrogen and oxygen atoms in total. The zero-order valence-corrected chi connectivity index (χ0v) is 16.8. The van der Waals surface area contributed by atoms with E-state index in [-0.39, 0.29) is 30.6 Å². The molecule has 0 aromatic heterocycles. The lowest BCUT2D eigenvalue weighted by Gasteiger charge is -2.36. The summed E-state index contributed by atoms with van der Waals surface area (Å²) in [5.74, 6) is -0.0928. The Labute approximate surface area is 162 Å².